The number of halogens is 1. The van der Waals surface area contributed by atoms with E-state index in [1.807, 2.05) is 17.5 Å². The van der Waals surface area contributed by atoms with Gasteiger partial charge in [-0.05, 0) is 48.6 Å². The zero-order valence-corrected chi connectivity index (χ0v) is 15.2. The predicted octanol–water partition coefficient (Wildman–Crippen LogP) is 3.04. The number of nitrogens with zero attached hydrogens (tertiary/aromatic N) is 1. The molecule has 1 N–H and O–H groups in total. The van der Waals surface area contributed by atoms with E-state index in [1.54, 1.807) is 16.2 Å². The van der Waals surface area contributed by atoms with Crippen molar-refractivity contribution >= 4 is 27.2 Å². The molecule has 5 nitrogen and oxygen atoms in total. The van der Waals surface area contributed by atoms with Crippen molar-refractivity contribution in [2.75, 3.05) is 13.1 Å². The number of piperidine rings is 1. The summed E-state index contributed by atoms with van der Waals surface area (Å²) < 4.78 is 38.2. The van der Waals surface area contributed by atoms with Gasteiger partial charge in [0.1, 0.15) is 5.82 Å². The average Bonchev–Trinajstić information content (AvgIpc) is 3.14. The maximum Gasteiger partial charge on any atom is 0.317 e. The van der Waals surface area contributed by atoms with E-state index < -0.39 is 20.9 Å². The molecule has 0 atom stereocenters. The monoisotopic (exact) mass is 382 g/mol. The Balaban J connectivity index is 1.55. The molecule has 1 aromatic carbocycles. The van der Waals surface area contributed by atoms with Crippen LogP contribution in [0.5, 0.6) is 0 Å². The minimum Gasteiger partial charge on any atom is -0.333 e. The van der Waals surface area contributed by atoms with Crippen LogP contribution in [0.1, 0.15) is 17.7 Å². The number of hydrogen-bond acceptors (Lipinski definition) is 4. The number of benzene rings is 1. The number of rotatable bonds is 4. The molecule has 0 bridgehead atoms. The summed E-state index contributed by atoms with van der Waals surface area (Å²) in [6, 6.07) is 8.60. The number of nitrogens with one attached hydrogen (secondary N) is 1. The van der Waals surface area contributed by atoms with Gasteiger partial charge in [0.05, 0.1) is 16.7 Å². The first-order valence-electron chi connectivity index (χ1n) is 8.01. The van der Waals surface area contributed by atoms with Crippen LogP contribution in [0.15, 0.2) is 46.7 Å². The Morgan fingerprint density at radius 3 is 2.48 bits per heavy atom. The Labute approximate surface area is 150 Å². The molecular weight excluding hydrogens is 363 g/mol. The molecule has 2 aromatic rings. The van der Waals surface area contributed by atoms with E-state index in [1.165, 1.54) is 12.1 Å². The van der Waals surface area contributed by atoms with E-state index in [9.17, 15) is 17.6 Å². The molecule has 1 aliphatic heterocycles. The number of carbonyl (C=O) groups excluding carboxylic acids is 1. The normalized spacial score (nSPS) is 16.0. The first-order chi connectivity index (χ1) is 12.0. The molecule has 25 heavy (non-hydrogen) atoms. The second-order valence-electron chi connectivity index (χ2n) is 5.92. The lowest BCUT2D eigenvalue weighted by atomic mass is 10.1. The van der Waals surface area contributed by atoms with E-state index >= 15 is 0 Å². The highest BCUT2D eigenvalue weighted by Crippen LogP contribution is 2.25. The van der Waals surface area contributed by atoms with Crippen molar-refractivity contribution in [3.8, 4) is 0 Å². The summed E-state index contributed by atoms with van der Waals surface area (Å²) >= 11 is 1.57. The van der Waals surface area contributed by atoms with Crippen molar-refractivity contribution in [1.29, 1.82) is 0 Å². The first-order valence-corrected chi connectivity index (χ1v) is 10.4. The van der Waals surface area contributed by atoms with Crippen LogP contribution in [0.2, 0.25) is 0 Å². The quantitative estimate of drug-likeness (QED) is 0.827. The van der Waals surface area contributed by atoms with Gasteiger partial charge in [0.25, 0.3) is 0 Å². The lowest BCUT2D eigenvalue weighted by Gasteiger charge is -2.31. The largest absolute Gasteiger partial charge is 0.333 e. The molecule has 1 aliphatic rings. The summed E-state index contributed by atoms with van der Waals surface area (Å²) in [7, 11) is -3.50. The van der Waals surface area contributed by atoms with Gasteiger partial charge in [-0.2, -0.15) is 0 Å². The third-order valence-corrected chi connectivity index (χ3v) is 7.46. The fourth-order valence-corrected chi connectivity index (χ4v) is 5.25. The lowest BCUT2D eigenvalue weighted by molar-refractivity contribution is 0.186. The topological polar surface area (TPSA) is 66.5 Å². The Kier molecular flexibility index (Phi) is 5.39. The molecule has 0 unspecified atom stereocenters. The number of amides is 2. The molecule has 8 heteroatoms. The molecule has 0 saturated carbocycles. The molecule has 0 aliphatic carbocycles. The lowest BCUT2D eigenvalue weighted by Crippen LogP contribution is -2.46. The summed E-state index contributed by atoms with van der Waals surface area (Å²) in [6.07, 6.45) is 0.762. The molecule has 1 aromatic heterocycles. The van der Waals surface area contributed by atoms with Crippen molar-refractivity contribution in [3.63, 3.8) is 0 Å². The zero-order chi connectivity index (χ0) is 17.9. The summed E-state index contributed by atoms with van der Waals surface area (Å²) in [5.74, 6) is -0.462. The number of likely N-dealkylation sites (tertiary alicyclic amines) is 1. The van der Waals surface area contributed by atoms with Crippen molar-refractivity contribution in [3.05, 3.63) is 52.5 Å². The average molecular weight is 382 g/mol. The minimum absolute atomic E-state index is 0.134. The van der Waals surface area contributed by atoms with Crippen LogP contribution >= 0.6 is 11.3 Å². The predicted molar refractivity (Wildman–Crippen MR) is 94.7 cm³/mol. The van der Waals surface area contributed by atoms with Gasteiger partial charge in [0.2, 0.25) is 0 Å². The van der Waals surface area contributed by atoms with E-state index in [4.69, 9.17) is 0 Å². The number of hydrogen-bond donors (Lipinski definition) is 1. The van der Waals surface area contributed by atoms with Crippen molar-refractivity contribution < 1.29 is 17.6 Å². The van der Waals surface area contributed by atoms with E-state index in [2.05, 4.69) is 5.32 Å². The Morgan fingerprint density at radius 2 is 1.88 bits per heavy atom. The highest BCUT2D eigenvalue weighted by atomic mass is 32.2. The Hall–Kier alpha value is -1.93. The number of thiophene rings is 1. The van der Waals surface area contributed by atoms with Crippen molar-refractivity contribution in [2.24, 2.45) is 0 Å². The molecule has 2 heterocycles. The highest BCUT2D eigenvalue weighted by molar-refractivity contribution is 7.92. The third-order valence-electron chi connectivity index (χ3n) is 4.30. The minimum atomic E-state index is -3.50. The van der Waals surface area contributed by atoms with Gasteiger partial charge in [0.15, 0.2) is 9.84 Å². The van der Waals surface area contributed by atoms with Crippen LogP contribution in [0, 0.1) is 5.82 Å². The maximum absolute atomic E-state index is 13.0. The van der Waals surface area contributed by atoms with Crippen LogP contribution in [0.25, 0.3) is 0 Å². The van der Waals surface area contributed by atoms with Gasteiger partial charge in [0, 0.05) is 18.0 Å². The Morgan fingerprint density at radius 1 is 1.20 bits per heavy atom. The van der Waals surface area contributed by atoms with Crippen LogP contribution in [0.4, 0.5) is 9.18 Å². The molecule has 2 amide bonds. The number of sulfone groups is 1. The molecule has 0 spiro atoms. The first kappa shape index (κ1) is 17.9. The summed E-state index contributed by atoms with van der Waals surface area (Å²) in [5.41, 5.74) is 0. The number of urea groups is 1. The second-order valence-corrected chi connectivity index (χ2v) is 9.18. The highest BCUT2D eigenvalue weighted by Gasteiger charge is 2.32. The van der Waals surface area contributed by atoms with Crippen LogP contribution in [-0.2, 0) is 16.4 Å². The molecule has 1 fully saturated rings. The summed E-state index contributed by atoms with van der Waals surface area (Å²) in [4.78, 5) is 15.0. The molecule has 1 saturated heterocycles. The molecule has 134 valence electrons. The summed E-state index contributed by atoms with van der Waals surface area (Å²) in [6.45, 7) is 1.26. The Bertz CT molecular complexity index is 812. The fourth-order valence-electron chi connectivity index (χ4n) is 2.87. The van der Waals surface area contributed by atoms with E-state index in [-0.39, 0.29) is 10.9 Å². The van der Waals surface area contributed by atoms with Gasteiger partial charge in [-0.1, -0.05) is 6.07 Å². The molecular formula is C17H19FN2O3S2. The van der Waals surface area contributed by atoms with Gasteiger partial charge in [-0.3, -0.25) is 0 Å². The molecule has 3 rings (SSSR count). The maximum atomic E-state index is 13.0. The smallest absolute Gasteiger partial charge is 0.317 e. The van der Waals surface area contributed by atoms with Crippen LogP contribution in [0.3, 0.4) is 0 Å². The SMILES string of the molecule is O=C(NCc1cccs1)N1CCC(S(=O)(=O)c2ccc(F)cc2)CC1. The number of carbonyl (C=O) groups is 1. The summed E-state index contributed by atoms with van der Waals surface area (Å²) in [5, 5.41) is 4.26. The fraction of sp³-hybridized carbons (Fsp3) is 0.353. The van der Waals surface area contributed by atoms with E-state index in [0.717, 1.165) is 17.0 Å². The van der Waals surface area contributed by atoms with Gasteiger partial charge in [-0.15, -0.1) is 11.3 Å². The van der Waals surface area contributed by atoms with Crippen LogP contribution < -0.4 is 5.32 Å². The van der Waals surface area contributed by atoms with Crippen molar-refractivity contribution in [2.45, 2.75) is 29.5 Å². The van der Waals surface area contributed by atoms with Gasteiger partial charge >= 0.3 is 6.03 Å². The van der Waals surface area contributed by atoms with E-state index in [0.29, 0.717) is 32.5 Å². The van der Waals surface area contributed by atoms with Crippen molar-refractivity contribution in [1.82, 2.24) is 10.2 Å². The second kappa shape index (κ2) is 7.53. The van der Waals surface area contributed by atoms with Crippen LogP contribution in [-0.4, -0.2) is 37.7 Å². The van der Waals surface area contributed by atoms with Gasteiger partial charge < -0.3 is 10.2 Å². The third kappa shape index (κ3) is 4.19. The zero-order valence-electron chi connectivity index (χ0n) is 13.5. The standard InChI is InChI=1S/C17H19FN2O3S2/c18-13-3-5-15(6-4-13)25(22,23)16-7-9-20(10-8-16)17(21)19-12-14-2-1-11-24-14/h1-6,11,16H,7-10,12H2,(H,19,21). The molecule has 0 radical (unpaired) electrons. The van der Waals surface area contributed by atoms with Gasteiger partial charge in [-0.25, -0.2) is 17.6 Å².